The first-order chi connectivity index (χ1) is 7.25. The molecule has 0 atom stereocenters. The van der Waals surface area contributed by atoms with Gasteiger partial charge in [-0.2, -0.15) is 0 Å². The maximum absolute atomic E-state index is 11.6. The lowest BCUT2D eigenvalue weighted by molar-refractivity contribution is -0.132. The second-order valence-electron chi connectivity index (χ2n) is 4.62. The Morgan fingerprint density at radius 1 is 1.44 bits per heavy atom. The van der Waals surface area contributed by atoms with E-state index in [1.165, 1.54) is 12.8 Å². The van der Waals surface area contributed by atoms with Crippen molar-refractivity contribution in [3.8, 4) is 0 Å². The Morgan fingerprint density at radius 2 is 2.12 bits per heavy atom. The van der Waals surface area contributed by atoms with Crippen molar-refractivity contribution in [2.45, 2.75) is 25.4 Å². The topological polar surface area (TPSA) is 41.6 Å². The fraction of sp³-hybridized carbons (Fsp3) is 0.909. The van der Waals surface area contributed by atoms with Crippen LogP contribution in [0.1, 0.15) is 19.3 Å². The molecule has 16 heavy (non-hydrogen) atoms. The maximum Gasteiger partial charge on any atom is 0.224 e. The van der Waals surface area contributed by atoms with Crippen LogP contribution in [0.3, 0.4) is 0 Å². The van der Waals surface area contributed by atoms with Crippen molar-refractivity contribution in [3.63, 3.8) is 0 Å². The number of rotatable bonds is 6. The number of nitrogens with zero attached hydrogens (tertiary/aromatic N) is 1. The zero-order chi connectivity index (χ0) is 10.7. The summed E-state index contributed by atoms with van der Waals surface area (Å²) in [6, 6.07) is 0. The Kier molecular flexibility index (Phi) is 5.52. The van der Waals surface area contributed by atoms with E-state index in [1.807, 2.05) is 11.9 Å². The van der Waals surface area contributed by atoms with E-state index in [1.54, 1.807) is 0 Å². The van der Waals surface area contributed by atoms with Crippen molar-refractivity contribution >= 4 is 18.3 Å². The van der Waals surface area contributed by atoms with Gasteiger partial charge in [-0.05, 0) is 18.8 Å². The van der Waals surface area contributed by atoms with Gasteiger partial charge in [-0.3, -0.25) is 4.79 Å². The number of carbonyl (C=O) groups excluding carboxylic acids is 1. The Morgan fingerprint density at radius 3 is 2.62 bits per heavy atom. The van der Waals surface area contributed by atoms with E-state index in [0.29, 0.717) is 19.1 Å². The predicted molar refractivity (Wildman–Crippen MR) is 64.8 cm³/mol. The SMILES string of the molecule is CN(CC1CC1)C(=O)CCOC1CNC1.Cl. The molecule has 1 saturated heterocycles. The van der Waals surface area contributed by atoms with Gasteiger partial charge in [-0.1, -0.05) is 0 Å². The molecule has 1 saturated carbocycles. The number of amides is 1. The monoisotopic (exact) mass is 248 g/mol. The summed E-state index contributed by atoms with van der Waals surface area (Å²) < 4.78 is 5.51. The molecule has 5 heteroatoms. The lowest BCUT2D eigenvalue weighted by atomic mass is 10.2. The summed E-state index contributed by atoms with van der Waals surface area (Å²) in [6.07, 6.45) is 3.45. The standard InChI is InChI=1S/C11H20N2O2.ClH/c1-13(8-9-2-3-9)11(14)4-5-15-10-6-12-7-10;/h9-10,12H,2-8H2,1H3;1H. The molecule has 1 N–H and O–H groups in total. The number of ether oxygens (including phenoxy) is 1. The van der Waals surface area contributed by atoms with E-state index in [4.69, 9.17) is 4.74 Å². The van der Waals surface area contributed by atoms with Crippen molar-refractivity contribution in [1.82, 2.24) is 10.2 Å². The third-order valence-electron chi connectivity index (χ3n) is 3.07. The minimum atomic E-state index is 0. The Hall–Kier alpha value is -0.320. The second-order valence-corrected chi connectivity index (χ2v) is 4.62. The van der Waals surface area contributed by atoms with Gasteiger partial charge in [0.05, 0.1) is 19.1 Å². The molecule has 0 spiro atoms. The van der Waals surface area contributed by atoms with Crippen LogP contribution in [0.2, 0.25) is 0 Å². The van der Waals surface area contributed by atoms with Crippen molar-refractivity contribution in [2.24, 2.45) is 5.92 Å². The molecule has 0 aromatic rings. The van der Waals surface area contributed by atoms with Crippen LogP contribution in [0.4, 0.5) is 0 Å². The van der Waals surface area contributed by atoms with E-state index < -0.39 is 0 Å². The van der Waals surface area contributed by atoms with Crippen molar-refractivity contribution in [3.05, 3.63) is 0 Å². The molecule has 1 amide bonds. The van der Waals surface area contributed by atoms with E-state index in [2.05, 4.69) is 5.32 Å². The molecule has 0 aromatic heterocycles. The van der Waals surface area contributed by atoms with Gasteiger partial charge in [0.2, 0.25) is 5.91 Å². The highest BCUT2D eigenvalue weighted by Gasteiger charge is 2.24. The first-order valence-electron chi connectivity index (χ1n) is 5.82. The number of hydrogen-bond acceptors (Lipinski definition) is 3. The van der Waals surface area contributed by atoms with E-state index in [0.717, 1.165) is 25.6 Å². The normalized spacial score (nSPS) is 19.8. The Labute approximate surface area is 103 Å². The van der Waals surface area contributed by atoms with Gasteiger partial charge in [0.15, 0.2) is 0 Å². The Balaban J connectivity index is 0.00000128. The number of halogens is 1. The molecule has 94 valence electrons. The third kappa shape index (κ3) is 4.28. The average molecular weight is 249 g/mol. The highest BCUT2D eigenvalue weighted by molar-refractivity contribution is 5.85. The predicted octanol–water partition coefficient (Wildman–Crippen LogP) is 0.655. The van der Waals surface area contributed by atoms with Crippen LogP contribution in [0.25, 0.3) is 0 Å². The van der Waals surface area contributed by atoms with Gasteiger partial charge in [0, 0.05) is 26.7 Å². The Bertz CT molecular complexity index is 230. The lowest BCUT2D eigenvalue weighted by Crippen LogP contribution is -2.48. The summed E-state index contributed by atoms with van der Waals surface area (Å²) in [6.45, 7) is 3.38. The average Bonchev–Trinajstić information content (AvgIpc) is 2.92. The zero-order valence-electron chi connectivity index (χ0n) is 9.78. The number of carbonyl (C=O) groups is 1. The van der Waals surface area contributed by atoms with Gasteiger partial charge >= 0.3 is 0 Å². The molecule has 2 fully saturated rings. The minimum absolute atomic E-state index is 0. The van der Waals surface area contributed by atoms with Crippen molar-refractivity contribution in [2.75, 3.05) is 33.3 Å². The molecular weight excluding hydrogens is 228 g/mol. The number of nitrogens with one attached hydrogen (secondary N) is 1. The maximum atomic E-state index is 11.6. The largest absolute Gasteiger partial charge is 0.375 e. The van der Waals surface area contributed by atoms with Gasteiger partial charge in [0.25, 0.3) is 0 Å². The molecule has 1 aliphatic carbocycles. The lowest BCUT2D eigenvalue weighted by Gasteiger charge is -2.27. The summed E-state index contributed by atoms with van der Waals surface area (Å²) >= 11 is 0. The summed E-state index contributed by atoms with van der Waals surface area (Å²) in [7, 11) is 1.89. The number of hydrogen-bond donors (Lipinski definition) is 1. The van der Waals surface area contributed by atoms with Gasteiger partial charge in [-0.25, -0.2) is 0 Å². The third-order valence-corrected chi connectivity index (χ3v) is 3.07. The zero-order valence-corrected chi connectivity index (χ0v) is 10.6. The van der Waals surface area contributed by atoms with Crippen molar-refractivity contribution < 1.29 is 9.53 Å². The van der Waals surface area contributed by atoms with Gasteiger partial charge in [0.1, 0.15) is 0 Å². The molecular formula is C11H21ClN2O2. The summed E-state index contributed by atoms with van der Waals surface area (Å²) in [5, 5.41) is 3.14. The molecule has 1 heterocycles. The fourth-order valence-electron chi connectivity index (χ4n) is 1.67. The van der Waals surface area contributed by atoms with Crippen LogP contribution in [0.15, 0.2) is 0 Å². The van der Waals surface area contributed by atoms with E-state index in [-0.39, 0.29) is 18.3 Å². The molecule has 2 aliphatic rings. The van der Waals surface area contributed by atoms with E-state index >= 15 is 0 Å². The minimum Gasteiger partial charge on any atom is -0.375 e. The fourth-order valence-corrected chi connectivity index (χ4v) is 1.67. The van der Waals surface area contributed by atoms with Crippen LogP contribution in [-0.4, -0.2) is 50.2 Å². The summed E-state index contributed by atoms with van der Waals surface area (Å²) in [4.78, 5) is 13.5. The van der Waals surface area contributed by atoms with Crippen LogP contribution in [0, 0.1) is 5.92 Å². The summed E-state index contributed by atoms with van der Waals surface area (Å²) in [5.41, 5.74) is 0. The quantitative estimate of drug-likeness (QED) is 0.751. The smallest absolute Gasteiger partial charge is 0.224 e. The first kappa shape index (κ1) is 13.7. The van der Waals surface area contributed by atoms with Crippen LogP contribution in [0.5, 0.6) is 0 Å². The van der Waals surface area contributed by atoms with Crippen LogP contribution >= 0.6 is 12.4 Å². The highest BCUT2D eigenvalue weighted by Crippen LogP contribution is 2.29. The molecule has 0 bridgehead atoms. The molecule has 0 radical (unpaired) electrons. The second kappa shape index (κ2) is 6.42. The molecule has 4 nitrogen and oxygen atoms in total. The van der Waals surface area contributed by atoms with E-state index in [9.17, 15) is 4.79 Å². The van der Waals surface area contributed by atoms with Gasteiger partial charge < -0.3 is 15.0 Å². The highest BCUT2D eigenvalue weighted by atomic mass is 35.5. The van der Waals surface area contributed by atoms with Crippen LogP contribution < -0.4 is 5.32 Å². The molecule has 0 aromatic carbocycles. The van der Waals surface area contributed by atoms with Crippen LogP contribution in [-0.2, 0) is 9.53 Å². The van der Waals surface area contributed by atoms with Gasteiger partial charge in [-0.15, -0.1) is 12.4 Å². The first-order valence-corrected chi connectivity index (χ1v) is 5.82. The molecule has 2 rings (SSSR count). The molecule has 1 aliphatic heterocycles. The van der Waals surface area contributed by atoms with Crippen molar-refractivity contribution in [1.29, 1.82) is 0 Å². The summed E-state index contributed by atoms with van der Waals surface area (Å²) in [5.74, 6) is 0.991. The molecule has 0 unspecified atom stereocenters.